The first-order valence-corrected chi connectivity index (χ1v) is 9.36. The van der Waals surface area contributed by atoms with Crippen molar-refractivity contribution in [2.75, 3.05) is 19.8 Å². The molecule has 2 fully saturated rings. The largest absolute Gasteiger partial charge is 0.392 e. The molecule has 0 aromatic carbocycles. The van der Waals surface area contributed by atoms with Crippen LogP contribution in [-0.2, 0) is 4.74 Å². The Labute approximate surface area is 145 Å². The van der Waals surface area contributed by atoms with Gasteiger partial charge in [0.1, 0.15) is 5.60 Å². The van der Waals surface area contributed by atoms with Gasteiger partial charge >= 0.3 is 0 Å². The van der Waals surface area contributed by atoms with E-state index in [0.717, 1.165) is 44.1 Å². The van der Waals surface area contributed by atoms with Crippen LogP contribution in [0.4, 0.5) is 0 Å². The summed E-state index contributed by atoms with van der Waals surface area (Å²) >= 11 is 0. The van der Waals surface area contributed by atoms with E-state index in [2.05, 4.69) is 19.9 Å². The van der Waals surface area contributed by atoms with Crippen molar-refractivity contribution in [1.82, 2.24) is 0 Å². The summed E-state index contributed by atoms with van der Waals surface area (Å²) in [6.07, 6.45) is 9.15. The Morgan fingerprint density at radius 2 is 2.21 bits per heavy atom. The molecule has 24 heavy (non-hydrogen) atoms. The number of ether oxygens (including phenoxy) is 1. The molecule has 4 heteroatoms. The van der Waals surface area contributed by atoms with Crippen LogP contribution in [0.2, 0.25) is 0 Å². The Hall–Kier alpha value is -0.680. The van der Waals surface area contributed by atoms with Gasteiger partial charge in [0.25, 0.3) is 0 Å². The molecule has 3 N–H and O–H groups in total. The highest BCUT2D eigenvalue weighted by Gasteiger charge is 2.65. The molecule has 0 radical (unpaired) electrons. The smallest absolute Gasteiger partial charge is 0.101 e. The zero-order chi connectivity index (χ0) is 17.4. The van der Waals surface area contributed by atoms with Crippen molar-refractivity contribution < 1.29 is 20.1 Å². The van der Waals surface area contributed by atoms with Crippen molar-refractivity contribution in [2.24, 2.45) is 17.3 Å². The lowest BCUT2D eigenvalue weighted by molar-refractivity contribution is -0.134. The monoisotopic (exact) mass is 336 g/mol. The van der Waals surface area contributed by atoms with Gasteiger partial charge in [0, 0.05) is 5.41 Å². The lowest BCUT2D eigenvalue weighted by Crippen LogP contribution is -2.56. The number of aliphatic hydroxyl groups is 3. The topological polar surface area (TPSA) is 69.9 Å². The quantitative estimate of drug-likeness (QED) is 0.675. The standard InChI is InChI=1S/C20H32O4/c1-14-4-3-5-17-19(8-6-16(12-22)7-9-21)13-24-20(17,11-14)18(23)10-15(19)2/h4,7,15,17-18,21-23H,3,5-6,8-13H2,1-2H3. The van der Waals surface area contributed by atoms with Crippen LogP contribution in [-0.4, -0.2) is 46.8 Å². The van der Waals surface area contributed by atoms with Gasteiger partial charge in [0.15, 0.2) is 0 Å². The first-order valence-electron chi connectivity index (χ1n) is 9.36. The molecule has 5 atom stereocenters. The van der Waals surface area contributed by atoms with Crippen LogP contribution in [0, 0.1) is 17.3 Å². The van der Waals surface area contributed by atoms with E-state index in [1.165, 1.54) is 5.57 Å². The van der Waals surface area contributed by atoms with E-state index in [1.54, 1.807) is 6.08 Å². The first kappa shape index (κ1) is 18.1. The lowest BCUT2D eigenvalue weighted by Gasteiger charge is -2.51. The zero-order valence-electron chi connectivity index (χ0n) is 15.0. The summed E-state index contributed by atoms with van der Waals surface area (Å²) in [6, 6.07) is 0. The molecule has 1 heterocycles. The molecule has 1 saturated carbocycles. The molecule has 2 bridgehead atoms. The average Bonchev–Trinajstić information content (AvgIpc) is 2.68. The maximum atomic E-state index is 10.9. The van der Waals surface area contributed by atoms with Crippen molar-refractivity contribution in [3.8, 4) is 0 Å². The van der Waals surface area contributed by atoms with E-state index in [-0.39, 0.29) is 24.7 Å². The number of rotatable bonds is 5. The van der Waals surface area contributed by atoms with Crippen molar-refractivity contribution in [3.63, 3.8) is 0 Å². The van der Waals surface area contributed by atoms with E-state index in [1.807, 2.05) is 0 Å². The number of aliphatic hydroxyl groups excluding tert-OH is 3. The molecule has 1 aliphatic heterocycles. The summed E-state index contributed by atoms with van der Waals surface area (Å²) in [5.74, 6) is 0.770. The zero-order valence-corrected chi connectivity index (χ0v) is 15.0. The Bertz CT molecular complexity index is 526. The van der Waals surface area contributed by atoms with Gasteiger partial charge in [-0.3, -0.25) is 0 Å². The van der Waals surface area contributed by atoms with Gasteiger partial charge in [-0.25, -0.2) is 0 Å². The highest BCUT2D eigenvalue weighted by molar-refractivity contribution is 5.21. The average molecular weight is 336 g/mol. The van der Waals surface area contributed by atoms with Crippen LogP contribution in [0.1, 0.15) is 52.4 Å². The van der Waals surface area contributed by atoms with Crippen LogP contribution in [0.15, 0.2) is 23.3 Å². The highest BCUT2D eigenvalue weighted by atomic mass is 16.5. The van der Waals surface area contributed by atoms with Gasteiger partial charge in [0.2, 0.25) is 0 Å². The molecule has 0 amide bonds. The number of allylic oxidation sites excluding steroid dienone is 1. The number of hydrogen-bond donors (Lipinski definition) is 3. The summed E-state index contributed by atoms with van der Waals surface area (Å²) in [5, 5.41) is 29.5. The molecule has 1 saturated heterocycles. The van der Waals surface area contributed by atoms with Crippen LogP contribution >= 0.6 is 0 Å². The minimum atomic E-state index is -0.413. The van der Waals surface area contributed by atoms with Gasteiger partial charge in [-0.15, -0.1) is 0 Å². The minimum Gasteiger partial charge on any atom is -0.392 e. The molecular formula is C20H32O4. The Morgan fingerprint density at radius 1 is 1.42 bits per heavy atom. The maximum Gasteiger partial charge on any atom is 0.101 e. The second-order valence-electron chi connectivity index (χ2n) is 8.19. The molecule has 0 spiro atoms. The van der Waals surface area contributed by atoms with E-state index < -0.39 is 5.60 Å². The SMILES string of the molecule is CC1=CCCC2C3(CCC(=CCO)CO)COC2(C1)C(O)CC3C. The second kappa shape index (κ2) is 6.91. The van der Waals surface area contributed by atoms with E-state index >= 15 is 0 Å². The molecule has 3 rings (SSSR count). The molecule has 136 valence electrons. The third-order valence-electron chi connectivity index (χ3n) is 7.01. The number of hydrogen-bond acceptors (Lipinski definition) is 4. The van der Waals surface area contributed by atoms with Gasteiger partial charge < -0.3 is 20.1 Å². The Balaban J connectivity index is 1.88. The fourth-order valence-corrected chi connectivity index (χ4v) is 5.63. The van der Waals surface area contributed by atoms with Crippen LogP contribution in [0.25, 0.3) is 0 Å². The fourth-order valence-electron chi connectivity index (χ4n) is 5.63. The Morgan fingerprint density at radius 3 is 2.92 bits per heavy atom. The van der Waals surface area contributed by atoms with Gasteiger partial charge in [-0.2, -0.15) is 0 Å². The summed E-state index contributed by atoms with van der Waals surface area (Å²) in [6.45, 7) is 5.09. The van der Waals surface area contributed by atoms with Gasteiger partial charge in [0.05, 0.1) is 25.9 Å². The second-order valence-corrected chi connectivity index (χ2v) is 8.19. The third kappa shape index (κ3) is 2.78. The van der Waals surface area contributed by atoms with E-state index in [4.69, 9.17) is 9.84 Å². The summed E-state index contributed by atoms with van der Waals surface area (Å²) in [4.78, 5) is 0. The van der Waals surface area contributed by atoms with Gasteiger partial charge in [-0.1, -0.05) is 24.6 Å². The third-order valence-corrected chi connectivity index (χ3v) is 7.01. The summed E-state index contributed by atoms with van der Waals surface area (Å²) in [7, 11) is 0. The lowest BCUT2D eigenvalue weighted by atomic mass is 9.53. The van der Waals surface area contributed by atoms with Crippen LogP contribution in [0.5, 0.6) is 0 Å². The normalized spacial score (nSPS) is 42.5. The highest BCUT2D eigenvalue weighted by Crippen LogP contribution is 2.63. The minimum absolute atomic E-state index is 0.00494. The van der Waals surface area contributed by atoms with E-state index in [0.29, 0.717) is 18.4 Å². The Kier molecular flexibility index (Phi) is 5.22. The van der Waals surface area contributed by atoms with Crippen molar-refractivity contribution >= 4 is 0 Å². The summed E-state index contributed by atoms with van der Waals surface area (Å²) < 4.78 is 6.41. The molecule has 0 aromatic heterocycles. The van der Waals surface area contributed by atoms with Crippen molar-refractivity contribution in [2.45, 2.75) is 64.1 Å². The maximum absolute atomic E-state index is 10.9. The fraction of sp³-hybridized carbons (Fsp3) is 0.800. The first-order chi connectivity index (χ1) is 11.5. The van der Waals surface area contributed by atoms with Crippen LogP contribution < -0.4 is 0 Å². The molecule has 2 aliphatic carbocycles. The van der Waals surface area contributed by atoms with Crippen molar-refractivity contribution in [1.29, 1.82) is 0 Å². The molecule has 5 unspecified atom stereocenters. The molecule has 3 aliphatic rings. The molecule has 0 aromatic rings. The van der Waals surface area contributed by atoms with Gasteiger partial charge in [-0.05, 0) is 62.9 Å². The predicted octanol–water partition coefficient (Wildman–Crippen LogP) is 2.58. The van der Waals surface area contributed by atoms with Crippen molar-refractivity contribution in [3.05, 3.63) is 23.3 Å². The molecule has 4 nitrogen and oxygen atoms in total. The molecular weight excluding hydrogens is 304 g/mol. The summed E-state index contributed by atoms with van der Waals surface area (Å²) in [5.41, 5.74) is 1.90. The van der Waals surface area contributed by atoms with E-state index in [9.17, 15) is 10.2 Å². The predicted molar refractivity (Wildman–Crippen MR) is 93.5 cm³/mol. The van der Waals surface area contributed by atoms with Crippen LogP contribution in [0.3, 0.4) is 0 Å².